The molecule has 1 aliphatic carbocycles. The Bertz CT molecular complexity index is 758. The normalized spacial score (nSPS) is 22.5. The maximum atomic E-state index is 13.2. The third-order valence-corrected chi connectivity index (χ3v) is 8.37. The van der Waals surface area contributed by atoms with Crippen molar-refractivity contribution in [2.75, 3.05) is 31.4 Å². The molecule has 28 heavy (non-hydrogen) atoms. The van der Waals surface area contributed by atoms with E-state index in [1.54, 1.807) is 11.8 Å². The summed E-state index contributed by atoms with van der Waals surface area (Å²) in [6.07, 6.45) is 8.13. The molecular weight excluding hydrogens is 392 g/mol. The van der Waals surface area contributed by atoms with Crippen molar-refractivity contribution in [3.8, 4) is 0 Å². The van der Waals surface area contributed by atoms with Crippen molar-refractivity contribution in [3.63, 3.8) is 0 Å². The van der Waals surface area contributed by atoms with Crippen molar-refractivity contribution < 1.29 is 13.2 Å². The van der Waals surface area contributed by atoms with E-state index in [4.69, 9.17) is 0 Å². The van der Waals surface area contributed by atoms with Gasteiger partial charge in [-0.25, -0.2) is 8.42 Å². The maximum absolute atomic E-state index is 13.2. The fraction of sp³-hybridized carbons (Fsp3) is 0.667. The lowest BCUT2D eigenvalue weighted by molar-refractivity contribution is -0.137. The molecule has 0 aromatic heterocycles. The van der Waals surface area contributed by atoms with Crippen molar-refractivity contribution in [2.24, 2.45) is 0 Å². The molecule has 2 aliphatic rings. The van der Waals surface area contributed by atoms with E-state index in [-0.39, 0.29) is 29.5 Å². The summed E-state index contributed by atoms with van der Waals surface area (Å²) in [5.74, 6) is 0.429. The van der Waals surface area contributed by atoms with Crippen LogP contribution in [0.2, 0.25) is 0 Å². The van der Waals surface area contributed by atoms with Gasteiger partial charge in [0.2, 0.25) is 5.91 Å². The molecule has 3 rings (SSSR count). The maximum Gasteiger partial charge on any atom is 0.237 e. The third kappa shape index (κ3) is 5.74. The molecule has 1 unspecified atom stereocenters. The number of thioether (sulfide) groups is 1. The van der Waals surface area contributed by atoms with Crippen LogP contribution in [-0.4, -0.2) is 67.6 Å². The minimum atomic E-state index is -3.01. The first-order valence-electron chi connectivity index (χ1n) is 10.2. The lowest BCUT2D eigenvalue weighted by atomic mass is 9.93. The van der Waals surface area contributed by atoms with Crippen LogP contribution in [0.5, 0.6) is 0 Å². The van der Waals surface area contributed by atoms with Crippen molar-refractivity contribution in [1.29, 1.82) is 0 Å². The Morgan fingerprint density at radius 2 is 1.75 bits per heavy atom. The molecule has 0 spiro atoms. The lowest BCUT2D eigenvalue weighted by Crippen LogP contribution is -2.51. The van der Waals surface area contributed by atoms with E-state index in [9.17, 15) is 13.2 Å². The van der Waals surface area contributed by atoms with Crippen LogP contribution >= 0.6 is 11.8 Å². The molecule has 0 N–H and O–H groups in total. The van der Waals surface area contributed by atoms with Crippen LogP contribution in [-0.2, 0) is 21.2 Å². The average Bonchev–Trinajstić information content (AvgIpc) is 3.02. The smallest absolute Gasteiger partial charge is 0.237 e. The second-order valence-corrected chi connectivity index (χ2v) is 11.3. The number of amides is 1. The Morgan fingerprint density at radius 1 is 1.07 bits per heavy atom. The lowest BCUT2D eigenvalue weighted by Gasteiger charge is -2.39. The molecule has 1 aromatic carbocycles. The van der Waals surface area contributed by atoms with E-state index in [0.717, 1.165) is 25.7 Å². The summed E-state index contributed by atoms with van der Waals surface area (Å²) in [5.41, 5.74) is 1.18. The quantitative estimate of drug-likeness (QED) is 0.629. The molecule has 1 saturated heterocycles. The SMILES string of the molecule is CSc1ccc(CN(C)CC(=O)N(C2CCCCC2)C2CCS(=O)(=O)C2)cc1. The van der Waals surface area contributed by atoms with Crippen molar-refractivity contribution in [3.05, 3.63) is 29.8 Å². The summed E-state index contributed by atoms with van der Waals surface area (Å²) in [5, 5.41) is 0. The van der Waals surface area contributed by atoms with E-state index in [0.29, 0.717) is 19.5 Å². The second kappa shape index (κ2) is 9.63. The molecule has 1 saturated carbocycles. The highest BCUT2D eigenvalue weighted by Gasteiger charge is 2.38. The van der Waals surface area contributed by atoms with E-state index >= 15 is 0 Å². The first-order chi connectivity index (χ1) is 13.4. The number of hydrogen-bond acceptors (Lipinski definition) is 5. The zero-order valence-corrected chi connectivity index (χ0v) is 18.6. The fourth-order valence-corrected chi connectivity index (χ4v) is 6.59. The Labute approximate surface area is 173 Å². The standard InChI is InChI=1S/C21H32N2O3S2/c1-22(14-17-8-10-20(27-2)11-9-17)15-21(24)23(18-6-4-3-5-7-18)19-12-13-28(25,26)16-19/h8-11,18-19H,3-7,12-16H2,1-2H3. The zero-order chi connectivity index (χ0) is 20.1. The topological polar surface area (TPSA) is 57.7 Å². The van der Waals surface area contributed by atoms with Crippen LogP contribution in [0.4, 0.5) is 0 Å². The summed E-state index contributed by atoms with van der Waals surface area (Å²) in [6, 6.07) is 8.48. The van der Waals surface area contributed by atoms with Gasteiger partial charge >= 0.3 is 0 Å². The summed E-state index contributed by atoms with van der Waals surface area (Å²) in [7, 11) is -1.04. The number of carbonyl (C=O) groups is 1. The van der Waals surface area contributed by atoms with Gasteiger partial charge in [0, 0.05) is 23.5 Å². The monoisotopic (exact) mass is 424 g/mol. The van der Waals surface area contributed by atoms with Crippen LogP contribution < -0.4 is 0 Å². The number of likely N-dealkylation sites (N-methyl/N-ethyl adjacent to an activating group) is 1. The minimum absolute atomic E-state index is 0.0808. The predicted molar refractivity (Wildman–Crippen MR) is 115 cm³/mol. The number of benzene rings is 1. The highest BCUT2D eigenvalue weighted by atomic mass is 32.2. The number of rotatable bonds is 7. The summed E-state index contributed by atoms with van der Waals surface area (Å²) < 4.78 is 24.0. The minimum Gasteiger partial charge on any atom is -0.335 e. The third-order valence-electron chi connectivity index (χ3n) is 5.87. The fourth-order valence-electron chi connectivity index (χ4n) is 4.47. The second-order valence-electron chi connectivity index (χ2n) is 8.17. The van der Waals surface area contributed by atoms with Crippen molar-refractivity contribution in [2.45, 2.75) is 62.0 Å². The highest BCUT2D eigenvalue weighted by molar-refractivity contribution is 7.98. The van der Waals surface area contributed by atoms with Gasteiger partial charge in [-0.15, -0.1) is 11.8 Å². The molecule has 1 atom stereocenters. The van der Waals surface area contributed by atoms with E-state index in [1.807, 2.05) is 16.8 Å². The Morgan fingerprint density at radius 3 is 2.32 bits per heavy atom. The molecule has 0 radical (unpaired) electrons. The average molecular weight is 425 g/mol. The molecule has 7 heteroatoms. The van der Waals surface area contributed by atoms with Crippen LogP contribution in [0.25, 0.3) is 0 Å². The Balaban J connectivity index is 1.65. The summed E-state index contributed by atoms with van der Waals surface area (Å²) in [4.78, 5) is 18.5. The van der Waals surface area contributed by atoms with Gasteiger partial charge in [-0.3, -0.25) is 9.69 Å². The molecule has 2 fully saturated rings. The number of carbonyl (C=O) groups excluding carboxylic acids is 1. The molecule has 1 aliphatic heterocycles. The van der Waals surface area contributed by atoms with Crippen molar-refractivity contribution in [1.82, 2.24) is 9.80 Å². The molecule has 0 bridgehead atoms. The Hall–Kier alpha value is -1.05. The van der Waals surface area contributed by atoms with E-state index in [1.165, 1.54) is 16.9 Å². The summed E-state index contributed by atoms with van der Waals surface area (Å²) in [6.45, 7) is 1.04. The van der Waals surface area contributed by atoms with Crippen molar-refractivity contribution >= 4 is 27.5 Å². The van der Waals surface area contributed by atoms with Gasteiger partial charge in [0.15, 0.2) is 9.84 Å². The van der Waals surface area contributed by atoms with Gasteiger partial charge in [-0.1, -0.05) is 31.4 Å². The van der Waals surface area contributed by atoms with Gasteiger partial charge in [0.1, 0.15) is 0 Å². The first-order valence-corrected chi connectivity index (χ1v) is 13.3. The number of sulfone groups is 1. The number of nitrogens with zero attached hydrogens (tertiary/aromatic N) is 2. The Kier molecular flexibility index (Phi) is 7.45. The van der Waals surface area contributed by atoms with Gasteiger partial charge in [-0.2, -0.15) is 0 Å². The van der Waals surface area contributed by atoms with E-state index < -0.39 is 9.84 Å². The summed E-state index contributed by atoms with van der Waals surface area (Å²) >= 11 is 1.72. The molecule has 1 heterocycles. The molecule has 1 amide bonds. The zero-order valence-electron chi connectivity index (χ0n) is 17.0. The van der Waals surface area contributed by atoms with Crippen LogP contribution in [0.15, 0.2) is 29.2 Å². The van der Waals surface area contributed by atoms with Crippen LogP contribution in [0.3, 0.4) is 0 Å². The predicted octanol–water partition coefficient (Wildman–Crippen LogP) is 3.19. The van der Waals surface area contributed by atoms with Gasteiger partial charge in [0.05, 0.1) is 18.1 Å². The first kappa shape index (κ1) is 21.7. The highest BCUT2D eigenvalue weighted by Crippen LogP contribution is 2.28. The van der Waals surface area contributed by atoms with Gasteiger partial charge in [-0.05, 0) is 50.3 Å². The van der Waals surface area contributed by atoms with Crippen LogP contribution in [0.1, 0.15) is 44.1 Å². The van der Waals surface area contributed by atoms with Gasteiger partial charge < -0.3 is 4.90 Å². The molecule has 5 nitrogen and oxygen atoms in total. The largest absolute Gasteiger partial charge is 0.335 e. The van der Waals surface area contributed by atoms with Crippen LogP contribution in [0, 0.1) is 0 Å². The molecule has 156 valence electrons. The number of hydrogen-bond donors (Lipinski definition) is 0. The molecular formula is C21H32N2O3S2. The molecule has 1 aromatic rings. The van der Waals surface area contributed by atoms with Gasteiger partial charge in [0.25, 0.3) is 0 Å². The van der Waals surface area contributed by atoms with E-state index in [2.05, 4.69) is 30.5 Å².